The van der Waals surface area contributed by atoms with Gasteiger partial charge in [-0.25, -0.2) is 9.59 Å². The first kappa shape index (κ1) is 55.0. The van der Waals surface area contributed by atoms with Gasteiger partial charge in [-0.05, 0) is 106 Å². The van der Waals surface area contributed by atoms with E-state index in [0.717, 1.165) is 29.5 Å². The number of piperazine rings is 1. The summed E-state index contributed by atoms with van der Waals surface area (Å²) >= 11 is 0. The van der Waals surface area contributed by atoms with Gasteiger partial charge >= 0.3 is 12.2 Å². The summed E-state index contributed by atoms with van der Waals surface area (Å²) in [4.78, 5) is 47.0. The number of furan rings is 1. The monoisotopic (exact) mass is 1090 g/mol. The summed E-state index contributed by atoms with van der Waals surface area (Å²) < 4.78 is 55.3. The van der Waals surface area contributed by atoms with E-state index in [1.54, 1.807) is 81.8 Å². The molecule has 5 N–H and O–H groups in total. The van der Waals surface area contributed by atoms with Crippen molar-refractivity contribution in [2.24, 2.45) is 0 Å². The highest BCUT2D eigenvalue weighted by Crippen LogP contribution is 2.59. The minimum Gasteiger partial charge on any atom is -0.508 e. The van der Waals surface area contributed by atoms with Crippen molar-refractivity contribution in [3.63, 3.8) is 0 Å². The number of benzene rings is 5. The third-order valence-corrected chi connectivity index (χ3v) is 15.9. The summed E-state index contributed by atoms with van der Waals surface area (Å²) in [6.45, 7) is 5.17. The van der Waals surface area contributed by atoms with Gasteiger partial charge in [-0.3, -0.25) is 14.6 Å². The Morgan fingerprint density at radius 3 is 1.77 bits per heavy atom. The summed E-state index contributed by atoms with van der Waals surface area (Å²) in [5.74, 6) is 2.14. The van der Waals surface area contributed by atoms with Crippen molar-refractivity contribution in [1.82, 2.24) is 25.8 Å². The average Bonchev–Trinajstić information content (AvgIpc) is 3.92. The number of amides is 3. The Balaban J connectivity index is 1.06. The average molecular weight is 1100 g/mol. The van der Waals surface area contributed by atoms with Crippen molar-refractivity contribution in [3.05, 3.63) is 123 Å². The molecular weight excluding hydrogens is 1030 g/mol. The molecule has 0 spiro atoms. The van der Waals surface area contributed by atoms with Gasteiger partial charge in [-0.15, -0.1) is 0 Å². The Labute approximate surface area is 463 Å². The predicted molar refractivity (Wildman–Crippen MR) is 293 cm³/mol. The zero-order chi connectivity index (χ0) is 56.4. The van der Waals surface area contributed by atoms with Crippen LogP contribution in [0.25, 0.3) is 11.0 Å². The van der Waals surface area contributed by atoms with Crippen molar-refractivity contribution in [1.29, 1.82) is 5.26 Å². The highest BCUT2D eigenvalue weighted by atomic mass is 16.6. The van der Waals surface area contributed by atoms with Gasteiger partial charge in [0.05, 0.1) is 59.8 Å². The number of likely N-dealkylation sites (N-methyl/N-ethyl adjacent to an activating group) is 1. The first-order valence-electron chi connectivity index (χ1n) is 26.7. The van der Waals surface area contributed by atoms with Crippen LogP contribution in [0.5, 0.6) is 51.7 Å². The lowest BCUT2D eigenvalue weighted by atomic mass is 9.71. The van der Waals surface area contributed by atoms with Gasteiger partial charge in [0.25, 0.3) is 5.91 Å². The Hall–Kier alpha value is -8.38. The van der Waals surface area contributed by atoms with Crippen molar-refractivity contribution < 1.29 is 66.9 Å². The minimum atomic E-state index is -0.911. The summed E-state index contributed by atoms with van der Waals surface area (Å²) in [6.07, 6.45) is 1.41. The normalized spacial score (nSPS) is 19.6. The molecule has 2 saturated heterocycles. The zero-order valence-corrected chi connectivity index (χ0v) is 45.8. The number of nitrogens with one attached hydrogen (secondary N) is 3. The molecular formula is C60H66N6O14. The van der Waals surface area contributed by atoms with Gasteiger partial charge in [0, 0.05) is 83.3 Å². The first-order valence-corrected chi connectivity index (χ1v) is 26.7. The van der Waals surface area contributed by atoms with Crippen LogP contribution in [0.1, 0.15) is 80.0 Å². The molecule has 1 aromatic heterocycles. The molecule has 20 nitrogen and oxygen atoms in total. The minimum absolute atomic E-state index is 0.00412. The molecule has 6 aromatic rings. The molecule has 420 valence electrons. The maximum atomic E-state index is 14.6. The van der Waals surface area contributed by atoms with Crippen molar-refractivity contribution in [2.45, 2.75) is 88.7 Å². The summed E-state index contributed by atoms with van der Waals surface area (Å²) in [5, 5.41) is 40.8. The first-order chi connectivity index (χ1) is 38.7. The quantitative estimate of drug-likeness (QED) is 0.0582. The van der Waals surface area contributed by atoms with Crippen LogP contribution in [0.3, 0.4) is 0 Å². The number of methoxy groups -OCH3 is 4. The molecule has 3 amide bonds. The fourth-order valence-corrected chi connectivity index (χ4v) is 12.2. The molecule has 80 heavy (non-hydrogen) atoms. The molecule has 2 fully saturated rings. The van der Waals surface area contributed by atoms with Gasteiger partial charge in [-0.2, -0.15) is 5.26 Å². The van der Waals surface area contributed by atoms with E-state index in [1.165, 1.54) is 14.2 Å². The number of nitriles is 1. The van der Waals surface area contributed by atoms with E-state index in [0.29, 0.717) is 82.1 Å². The maximum absolute atomic E-state index is 14.6. The smallest absolute Gasteiger partial charge is 0.412 e. The molecule has 5 atom stereocenters. The number of aromatic hydroxyl groups is 2. The molecule has 2 bridgehead atoms. The molecule has 4 aliphatic heterocycles. The van der Waals surface area contributed by atoms with Crippen LogP contribution in [0.15, 0.2) is 77.2 Å². The molecule has 0 aliphatic carbocycles. The Morgan fingerprint density at radius 2 is 1.23 bits per heavy atom. The molecule has 0 radical (unpaired) electrons. The van der Waals surface area contributed by atoms with Gasteiger partial charge < -0.3 is 68.5 Å². The number of rotatable bonds is 17. The molecule has 0 saturated carbocycles. The second kappa shape index (κ2) is 23.5. The van der Waals surface area contributed by atoms with Gasteiger partial charge in [-0.1, -0.05) is 24.3 Å². The fourth-order valence-electron chi connectivity index (χ4n) is 12.2. The number of fused-ring (bicyclic) bond motifs is 8. The van der Waals surface area contributed by atoms with Crippen LogP contribution in [0, 0.1) is 25.2 Å². The summed E-state index contributed by atoms with van der Waals surface area (Å²) in [6, 6.07) is 19.6. The molecule has 5 aromatic carbocycles. The number of carbonyl (C=O) groups excluding carboxylic acids is 3. The van der Waals surface area contributed by atoms with Crippen molar-refractivity contribution in [2.75, 3.05) is 68.3 Å². The van der Waals surface area contributed by atoms with E-state index < -0.39 is 48.3 Å². The Bertz CT molecular complexity index is 3330. The molecule has 10 rings (SSSR count). The van der Waals surface area contributed by atoms with Crippen LogP contribution in [0.4, 0.5) is 9.59 Å². The van der Waals surface area contributed by atoms with Crippen LogP contribution < -0.4 is 49.1 Å². The van der Waals surface area contributed by atoms with Gasteiger partial charge in [0.2, 0.25) is 0 Å². The predicted octanol–water partition coefficient (Wildman–Crippen LogP) is 7.92. The Morgan fingerprint density at radius 1 is 0.688 bits per heavy atom. The number of nitrogens with zero attached hydrogens (tertiary/aromatic N) is 3. The number of hydrogen-bond acceptors (Lipinski definition) is 17. The van der Waals surface area contributed by atoms with E-state index in [-0.39, 0.29) is 78.8 Å². The zero-order valence-electron chi connectivity index (χ0n) is 45.8. The van der Waals surface area contributed by atoms with Crippen LogP contribution in [0.2, 0.25) is 0 Å². The van der Waals surface area contributed by atoms with Crippen LogP contribution in [-0.4, -0.2) is 131 Å². The standard InChI is InChI=1S/C60H66N6O14/c1-32-52(72-4)41-29-44-51-50-42(53(73-5)33(2)55(75-7)57(50)80-60(71)63-23-19-35-10-14-38(68)15-11-35)28-43(65(51)3)45(30-61)66(44)46(49(41)56(54(32)74-6)79-59(70)62-22-18-34-8-12-37(67)13-9-34)31-64-58(69)48-27-36-26-40(16-17-47(36)78-48)77-39-20-24-76-25-21-39/h8-17,26-27,39,43-46,51,67-68H,18-25,28-29,31H2,1-7H3,(H,62,70)(H,63,71)(H,64,69)/t43-,44-,45-,46-,51-/m0/s1. The number of ether oxygens (including phenoxy) is 8. The maximum Gasteiger partial charge on any atom is 0.412 e. The summed E-state index contributed by atoms with van der Waals surface area (Å²) in [5.41, 5.74) is 5.85. The SMILES string of the molecule is COc1c(C)c(OC)c(OC(=O)NCCc2ccc(O)cc2)c2c1C[C@H]1[C@H](C#N)N3[C@@H](CNC(=O)c4cc5cc(OC6CCOCC6)ccc5o4)c4c(c(OC)c(C)c(OC)c4OC(=O)NCCc4ccc(O)cc4)C[C@H]3[C@@H]2N1C. The lowest BCUT2D eigenvalue weighted by Gasteiger charge is -2.60. The molecule has 5 heterocycles. The van der Waals surface area contributed by atoms with Gasteiger partial charge in [0.15, 0.2) is 28.8 Å². The summed E-state index contributed by atoms with van der Waals surface area (Å²) in [7, 11) is 8.04. The Kier molecular flexibility index (Phi) is 16.2. The van der Waals surface area contributed by atoms with E-state index in [1.807, 2.05) is 26.1 Å². The second-order valence-corrected chi connectivity index (χ2v) is 20.4. The molecule has 4 aliphatic rings. The number of carbonyl (C=O) groups is 3. The highest BCUT2D eigenvalue weighted by Gasteiger charge is 2.57. The van der Waals surface area contributed by atoms with Crippen molar-refractivity contribution in [3.8, 4) is 57.8 Å². The third-order valence-electron chi connectivity index (χ3n) is 15.9. The number of phenolic OH excluding ortho intramolecular Hbond substituents is 2. The fraction of sp³-hybridized carbons (Fsp3) is 0.400. The van der Waals surface area contributed by atoms with E-state index >= 15 is 0 Å². The van der Waals surface area contributed by atoms with E-state index in [4.69, 9.17) is 42.3 Å². The lowest BCUT2D eigenvalue weighted by Crippen LogP contribution is -2.69. The number of hydrogen-bond donors (Lipinski definition) is 5. The largest absolute Gasteiger partial charge is 0.508 e. The van der Waals surface area contributed by atoms with Crippen LogP contribution >= 0.6 is 0 Å². The molecule has 0 unspecified atom stereocenters. The second-order valence-electron chi connectivity index (χ2n) is 20.4. The third kappa shape index (κ3) is 10.6. The van der Waals surface area contributed by atoms with E-state index in [9.17, 15) is 29.9 Å². The lowest BCUT2D eigenvalue weighted by molar-refractivity contribution is -0.0723. The highest BCUT2D eigenvalue weighted by molar-refractivity contribution is 5.96. The van der Waals surface area contributed by atoms with E-state index in [2.05, 4.69) is 31.8 Å². The number of phenols is 2. The van der Waals surface area contributed by atoms with Crippen LogP contribution in [-0.2, 0) is 30.4 Å². The topological polar surface area (TPSA) is 245 Å². The van der Waals surface area contributed by atoms with Gasteiger partial charge in [0.1, 0.15) is 46.5 Å². The van der Waals surface area contributed by atoms with Crippen molar-refractivity contribution >= 4 is 29.1 Å². The molecule has 20 heteroatoms.